The second-order valence-corrected chi connectivity index (χ2v) is 10.1. The van der Waals surface area contributed by atoms with Gasteiger partial charge in [0.25, 0.3) is 0 Å². The minimum absolute atomic E-state index is 0.371. The van der Waals surface area contributed by atoms with Crippen LogP contribution in [0.3, 0.4) is 0 Å². The molecule has 0 amide bonds. The molecule has 3 rings (SSSR count). The van der Waals surface area contributed by atoms with Crippen molar-refractivity contribution in [1.29, 1.82) is 0 Å². The molecule has 0 bridgehead atoms. The first-order valence-corrected chi connectivity index (χ1v) is 12.4. The molecule has 2 aromatic rings. The van der Waals surface area contributed by atoms with Crippen LogP contribution in [0.2, 0.25) is 0 Å². The molecule has 0 spiro atoms. The van der Waals surface area contributed by atoms with Crippen LogP contribution < -0.4 is 10.6 Å². The summed E-state index contributed by atoms with van der Waals surface area (Å²) in [7, 11) is -1.63. The van der Waals surface area contributed by atoms with Crippen LogP contribution in [0, 0.1) is 0 Å². The first-order chi connectivity index (χ1) is 14.0. The van der Waals surface area contributed by atoms with Crippen molar-refractivity contribution in [1.82, 2.24) is 14.9 Å². The van der Waals surface area contributed by atoms with E-state index in [0.29, 0.717) is 30.4 Å². The van der Waals surface area contributed by atoms with E-state index >= 15 is 0 Å². The number of rotatable bonds is 7. The van der Waals surface area contributed by atoms with Crippen molar-refractivity contribution >= 4 is 27.3 Å². The molecule has 1 aliphatic heterocycles. The van der Waals surface area contributed by atoms with E-state index in [1.165, 1.54) is 5.56 Å². The molecule has 2 N–H and O–H groups in total. The Morgan fingerprint density at radius 2 is 1.86 bits per heavy atom. The largest absolute Gasteiger partial charge is 0.356 e. The van der Waals surface area contributed by atoms with E-state index in [9.17, 15) is 8.42 Å². The molecule has 1 atom stereocenters. The maximum atomic E-state index is 12.7. The fourth-order valence-corrected chi connectivity index (χ4v) is 5.66. The molecule has 1 aromatic heterocycles. The van der Waals surface area contributed by atoms with Gasteiger partial charge in [-0.05, 0) is 58.8 Å². The lowest BCUT2D eigenvalue weighted by atomic mass is 10.1. The molecule has 1 aliphatic rings. The number of benzene rings is 1. The molecule has 0 radical (unpaired) electrons. The van der Waals surface area contributed by atoms with E-state index in [4.69, 9.17) is 0 Å². The number of nitrogens with zero attached hydrogens (tertiary/aromatic N) is 2. The molecule has 2 heterocycles. The number of piperidine rings is 1. The average molecular weight is 435 g/mol. The van der Waals surface area contributed by atoms with Crippen LogP contribution in [0.25, 0.3) is 0 Å². The highest BCUT2D eigenvalue weighted by atomic mass is 32.2. The van der Waals surface area contributed by atoms with Gasteiger partial charge in [-0.2, -0.15) is 15.6 Å². The lowest BCUT2D eigenvalue weighted by Gasteiger charge is -2.25. The highest BCUT2D eigenvalue weighted by Crippen LogP contribution is 2.21. The molecule has 0 saturated carbocycles. The van der Waals surface area contributed by atoms with Crippen LogP contribution in [0.1, 0.15) is 43.2 Å². The Bertz CT molecular complexity index is 887. The van der Waals surface area contributed by atoms with Crippen molar-refractivity contribution in [2.45, 2.75) is 43.5 Å². The third-order valence-corrected chi connectivity index (χ3v) is 7.86. The lowest BCUT2D eigenvalue weighted by molar-refractivity contribution is 0.346. The van der Waals surface area contributed by atoms with E-state index in [1.807, 2.05) is 12.1 Å². The third kappa shape index (κ3) is 5.81. The lowest BCUT2D eigenvalue weighted by Crippen LogP contribution is -2.38. The van der Waals surface area contributed by atoms with Gasteiger partial charge in [-0.25, -0.2) is 8.42 Å². The normalized spacial score (nSPS) is 17.1. The summed E-state index contributed by atoms with van der Waals surface area (Å²) in [6.07, 6.45) is 2.99. The van der Waals surface area contributed by atoms with Crippen LogP contribution in [-0.4, -0.2) is 45.4 Å². The Morgan fingerprint density at radius 1 is 1.14 bits per heavy atom. The summed E-state index contributed by atoms with van der Waals surface area (Å²) in [5.74, 6) is 1.14. The SMILES string of the molecule is CN=C(NCc1ccc(S(=O)(=O)N2CCCCC2)cc1)NCC(C)c1ccsc1. The number of hydrogen-bond acceptors (Lipinski definition) is 4. The molecule has 6 nitrogen and oxygen atoms in total. The summed E-state index contributed by atoms with van der Waals surface area (Å²) in [4.78, 5) is 4.64. The van der Waals surface area contributed by atoms with Crippen LogP contribution >= 0.6 is 11.3 Å². The maximum absolute atomic E-state index is 12.7. The average Bonchev–Trinajstić information content (AvgIpc) is 3.30. The number of guanidine groups is 1. The number of sulfonamides is 1. The van der Waals surface area contributed by atoms with E-state index in [0.717, 1.165) is 37.3 Å². The number of nitrogens with one attached hydrogen (secondary N) is 2. The van der Waals surface area contributed by atoms with Gasteiger partial charge in [0.05, 0.1) is 4.90 Å². The zero-order valence-corrected chi connectivity index (χ0v) is 18.7. The standard InChI is InChI=1S/C21H30N4O2S2/c1-17(19-10-13-28-16-19)14-23-21(22-2)24-15-18-6-8-20(9-7-18)29(26,27)25-11-4-3-5-12-25/h6-10,13,16-17H,3-5,11-12,14-15H2,1-2H3,(H2,22,23,24). The minimum atomic E-state index is -3.38. The van der Waals surface area contributed by atoms with Gasteiger partial charge in [0.1, 0.15) is 0 Å². The number of aliphatic imine (C=N–C) groups is 1. The molecular formula is C21H30N4O2S2. The summed E-state index contributed by atoms with van der Waals surface area (Å²) in [5.41, 5.74) is 2.33. The van der Waals surface area contributed by atoms with Crippen molar-refractivity contribution in [3.05, 3.63) is 52.2 Å². The van der Waals surface area contributed by atoms with Crippen LogP contribution in [0.15, 0.2) is 51.0 Å². The Kier molecular flexibility index (Phi) is 7.69. The third-order valence-electron chi connectivity index (χ3n) is 5.25. The first-order valence-electron chi connectivity index (χ1n) is 10.1. The van der Waals surface area contributed by atoms with E-state index < -0.39 is 10.0 Å². The molecule has 158 valence electrons. The quantitative estimate of drug-likeness (QED) is 0.517. The predicted molar refractivity (Wildman–Crippen MR) is 120 cm³/mol. The fraction of sp³-hybridized carbons (Fsp3) is 0.476. The predicted octanol–water partition coefficient (Wildman–Crippen LogP) is 3.39. The molecule has 1 fully saturated rings. The highest BCUT2D eigenvalue weighted by Gasteiger charge is 2.25. The van der Waals surface area contributed by atoms with Crippen molar-refractivity contribution < 1.29 is 8.42 Å². The number of hydrogen-bond donors (Lipinski definition) is 2. The Balaban J connectivity index is 1.52. The van der Waals surface area contributed by atoms with Crippen LogP contribution in [0.4, 0.5) is 0 Å². The summed E-state index contributed by atoms with van der Waals surface area (Å²) in [6, 6.07) is 9.29. The molecule has 1 aromatic carbocycles. The Labute approximate surface area is 178 Å². The summed E-state index contributed by atoms with van der Waals surface area (Å²) in [6.45, 7) is 4.80. The Hall–Kier alpha value is -1.90. The second-order valence-electron chi connectivity index (χ2n) is 7.37. The minimum Gasteiger partial charge on any atom is -0.356 e. The van der Waals surface area contributed by atoms with Crippen LogP contribution in [0.5, 0.6) is 0 Å². The second kappa shape index (κ2) is 10.2. The van der Waals surface area contributed by atoms with Crippen molar-refractivity contribution in [2.75, 3.05) is 26.7 Å². The van der Waals surface area contributed by atoms with E-state index in [1.54, 1.807) is 34.8 Å². The maximum Gasteiger partial charge on any atom is 0.243 e. The summed E-state index contributed by atoms with van der Waals surface area (Å²) in [5, 5.41) is 10.9. The van der Waals surface area contributed by atoms with Gasteiger partial charge in [0, 0.05) is 33.2 Å². The Morgan fingerprint density at radius 3 is 2.48 bits per heavy atom. The van der Waals surface area contributed by atoms with E-state index in [2.05, 4.69) is 39.4 Å². The molecule has 1 unspecified atom stereocenters. The number of thiophene rings is 1. The van der Waals surface area contributed by atoms with E-state index in [-0.39, 0.29) is 0 Å². The first kappa shape index (κ1) is 21.8. The van der Waals surface area contributed by atoms with Gasteiger partial charge in [0.2, 0.25) is 10.0 Å². The summed E-state index contributed by atoms with van der Waals surface area (Å²) < 4.78 is 27.1. The van der Waals surface area contributed by atoms with Gasteiger partial charge in [0.15, 0.2) is 5.96 Å². The molecular weight excluding hydrogens is 404 g/mol. The van der Waals surface area contributed by atoms with Crippen molar-refractivity contribution in [3.63, 3.8) is 0 Å². The van der Waals surface area contributed by atoms with Gasteiger partial charge in [-0.3, -0.25) is 4.99 Å². The molecule has 1 saturated heterocycles. The fourth-order valence-electron chi connectivity index (χ4n) is 3.36. The van der Waals surface area contributed by atoms with Gasteiger partial charge < -0.3 is 10.6 Å². The zero-order valence-electron chi connectivity index (χ0n) is 17.1. The van der Waals surface area contributed by atoms with Gasteiger partial charge >= 0.3 is 0 Å². The van der Waals surface area contributed by atoms with Crippen molar-refractivity contribution in [2.24, 2.45) is 4.99 Å². The molecule has 29 heavy (non-hydrogen) atoms. The van der Waals surface area contributed by atoms with Gasteiger partial charge in [-0.1, -0.05) is 25.5 Å². The van der Waals surface area contributed by atoms with Crippen LogP contribution in [-0.2, 0) is 16.6 Å². The molecule has 8 heteroatoms. The van der Waals surface area contributed by atoms with Gasteiger partial charge in [-0.15, -0.1) is 0 Å². The summed E-state index contributed by atoms with van der Waals surface area (Å²) >= 11 is 1.71. The highest BCUT2D eigenvalue weighted by molar-refractivity contribution is 7.89. The zero-order chi connectivity index (χ0) is 20.7. The topological polar surface area (TPSA) is 73.8 Å². The monoisotopic (exact) mass is 434 g/mol. The smallest absolute Gasteiger partial charge is 0.243 e. The molecule has 0 aliphatic carbocycles. The van der Waals surface area contributed by atoms with Crippen molar-refractivity contribution in [3.8, 4) is 0 Å².